The van der Waals surface area contributed by atoms with Crippen LogP contribution < -0.4 is 4.74 Å². The lowest BCUT2D eigenvalue weighted by atomic mass is 10.0. The van der Waals surface area contributed by atoms with Gasteiger partial charge in [0.1, 0.15) is 5.75 Å². The normalized spacial score (nSPS) is 11.0. The highest BCUT2D eigenvalue weighted by atomic mass is 16.5. The molecule has 0 saturated carbocycles. The van der Waals surface area contributed by atoms with Gasteiger partial charge in [-0.3, -0.25) is 4.99 Å². The van der Waals surface area contributed by atoms with Gasteiger partial charge in [-0.05, 0) is 29.0 Å². The summed E-state index contributed by atoms with van der Waals surface area (Å²) in [7, 11) is 0. The highest BCUT2D eigenvalue weighted by molar-refractivity contribution is 6.03. The van der Waals surface area contributed by atoms with Crippen molar-refractivity contribution >= 4 is 28.6 Å². The number of para-hydroxylation sites is 1. The van der Waals surface area contributed by atoms with E-state index in [1.165, 1.54) is 0 Å². The van der Waals surface area contributed by atoms with E-state index in [1.54, 1.807) is 12.3 Å². The van der Waals surface area contributed by atoms with E-state index in [0.29, 0.717) is 5.75 Å². The Morgan fingerprint density at radius 3 is 2.52 bits per heavy atom. The molecule has 0 spiro atoms. The Hall–Kier alpha value is -3.14. The van der Waals surface area contributed by atoms with E-state index in [1.807, 2.05) is 60.7 Å². The number of hydrogen-bond donors (Lipinski definition) is 1. The van der Waals surface area contributed by atoms with Crippen molar-refractivity contribution in [1.29, 1.82) is 0 Å². The van der Waals surface area contributed by atoms with Crippen LogP contribution in [0.1, 0.15) is 5.56 Å². The van der Waals surface area contributed by atoms with E-state index in [4.69, 9.17) is 9.84 Å². The van der Waals surface area contributed by atoms with Gasteiger partial charge >= 0.3 is 5.97 Å². The van der Waals surface area contributed by atoms with Crippen LogP contribution in [-0.4, -0.2) is 23.9 Å². The average molecular weight is 305 g/mol. The Morgan fingerprint density at radius 1 is 1.00 bits per heavy atom. The summed E-state index contributed by atoms with van der Waals surface area (Å²) in [4.78, 5) is 15.2. The summed E-state index contributed by atoms with van der Waals surface area (Å²) in [6, 6.07) is 21.1. The SMILES string of the molecule is O=C(O)COc1ccc2ccccc2c1C=Nc1ccccc1. The fourth-order valence-electron chi connectivity index (χ4n) is 2.33. The van der Waals surface area contributed by atoms with Gasteiger partial charge < -0.3 is 9.84 Å². The van der Waals surface area contributed by atoms with Crippen molar-refractivity contribution in [3.05, 3.63) is 72.3 Å². The molecule has 23 heavy (non-hydrogen) atoms. The topological polar surface area (TPSA) is 58.9 Å². The number of carboxylic acid groups (broad SMARTS) is 1. The Labute approximate surface area is 133 Å². The lowest BCUT2D eigenvalue weighted by molar-refractivity contribution is -0.139. The number of aliphatic imine (C=N–C) groups is 1. The number of nitrogens with zero attached hydrogens (tertiary/aromatic N) is 1. The maximum absolute atomic E-state index is 10.8. The third-order valence-corrected chi connectivity index (χ3v) is 3.38. The summed E-state index contributed by atoms with van der Waals surface area (Å²) >= 11 is 0. The van der Waals surface area contributed by atoms with Gasteiger partial charge in [0.25, 0.3) is 0 Å². The number of rotatable bonds is 5. The molecule has 0 radical (unpaired) electrons. The quantitative estimate of drug-likeness (QED) is 0.723. The second kappa shape index (κ2) is 6.75. The highest BCUT2D eigenvalue weighted by Gasteiger charge is 2.08. The molecule has 4 heteroatoms. The van der Waals surface area contributed by atoms with Crippen LogP contribution >= 0.6 is 0 Å². The molecule has 0 saturated heterocycles. The second-order valence-electron chi connectivity index (χ2n) is 4.97. The van der Waals surface area contributed by atoms with E-state index in [-0.39, 0.29) is 6.61 Å². The van der Waals surface area contributed by atoms with Crippen molar-refractivity contribution in [2.75, 3.05) is 6.61 Å². The predicted molar refractivity (Wildman–Crippen MR) is 90.8 cm³/mol. The number of benzene rings is 3. The Bertz CT molecular complexity index is 857. The minimum Gasteiger partial charge on any atom is -0.481 e. The van der Waals surface area contributed by atoms with E-state index in [2.05, 4.69) is 4.99 Å². The summed E-state index contributed by atoms with van der Waals surface area (Å²) in [6.45, 7) is -0.384. The molecule has 3 aromatic rings. The monoisotopic (exact) mass is 305 g/mol. The Balaban J connectivity index is 2.05. The maximum atomic E-state index is 10.8. The van der Waals surface area contributed by atoms with Gasteiger partial charge in [-0.2, -0.15) is 0 Å². The molecule has 0 aliphatic heterocycles. The number of aliphatic carboxylic acids is 1. The third kappa shape index (κ3) is 3.55. The zero-order chi connectivity index (χ0) is 16.1. The molecule has 0 amide bonds. The van der Waals surface area contributed by atoms with E-state index in [9.17, 15) is 4.79 Å². The van der Waals surface area contributed by atoms with Crippen LogP contribution in [0.25, 0.3) is 10.8 Å². The molecule has 0 fully saturated rings. The van der Waals surface area contributed by atoms with Crippen LogP contribution in [0.2, 0.25) is 0 Å². The number of hydrogen-bond acceptors (Lipinski definition) is 3. The smallest absolute Gasteiger partial charge is 0.341 e. The van der Waals surface area contributed by atoms with Crippen LogP contribution in [-0.2, 0) is 4.79 Å². The molecule has 0 heterocycles. The van der Waals surface area contributed by atoms with Crippen molar-refractivity contribution in [2.24, 2.45) is 4.99 Å². The van der Waals surface area contributed by atoms with E-state index >= 15 is 0 Å². The summed E-state index contributed by atoms with van der Waals surface area (Å²) in [5.74, 6) is -0.505. The van der Waals surface area contributed by atoms with Crippen LogP contribution in [0, 0.1) is 0 Å². The molecule has 3 aromatic carbocycles. The van der Waals surface area contributed by atoms with E-state index < -0.39 is 5.97 Å². The summed E-state index contributed by atoms with van der Waals surface area (Å²) in [6.07, 6.45) is 1.72. The van der Waals surface area contributed by atoms with Gasteiger partial charge in [0.15, 0.2) is 6.61 Å². The fraction of sp³-hybridized carbons (Fsp3) is 0.0526. The zero-order valence-electron chi connectivity index (χ0n) is 12.3. The largest absolute Gasteiger partial charge is 0.481 e. The first kappa shape index (κ1) is 14.8. The zero-order valence-corrected chi connectivity index (χ0v) is 12.3. The van der Waals surface area contributed by atoms with Crippen molar-refractivity contribution in [1.82, 2.24) is 0 Å². The van der Waals surface area contributed by atoms with Gasteiger partial charge in [-0.15, -0.1) is 0 Å². The lowest BCUT2D eigenvalue weighted by Gasteiger charge is -2.10. The number of ether oxygens (including phenoxy) is 1. The number of fused-ring (bicyclic) bond motifs is 1. The molecule has 0 bridgehead atoms. The first-order valence-corrected chi connectivity index (χ1v) is 7.19. The van der Waals surface area contributed by atoms with Gasteiger partial charge in [0.05, 0.1) is 5.69 Å². The molecular formula is C19H15NO3. The Kier molecular flexibility index (Phi) is 4.34. The molecule has 0 aliphatic rings. The minimum atomic E-state index is -1.01. The van der Waals surface area contributed by atoms with Crippen LogP contribution in [0.4, 0.5) is 5.69 Å². The Morgan fingerprint density at radius 2 is 1.74 bits per heavy atom. The summed E-state index contributed by atoms with van der Waals surface area (Å²) < 4.78 is 5.40. The van der Waals surface area contributed by atoms with Crippen LogP contribution in [0.5, 0.6) is 5.75 Å². The van der Waals surface area contributed by atoms with Gasteiger partial charge in [-0.1, -0.05) is 48.5 Å². The predicted octanol–water partition coefficient (Wildman–Crippen LogP) is 4.05. The molecule has 0 atom stereocenters. The number of carbonyl (C=O) groups is 1. The first-order chi connectivity index (χ1) is 11.2. The minimum absolute atomic E-state index is 0.384. The van der Waals surface area contributed by atoms with Gasteiger partial charge in [-0.25, -0.2) is 4.79 Å². The van der Waals surface area contributed by atoms with Crippen molar-refractivity contribution in [2.45, 2.75) is 0 Å². The fourth-order valence-corrected chi connectivity index (χ4v) is 2.33. The standard InChI is InChI=1S/C19H15NO3/c21-19(22)13-23-18-11-10-14-6-4-5-9-16(14)17(18)12-20-15-7-2-1-3-8-15/h1-12H,13H2,(H,21,22). The molecule has 0 unspecified atom stereocenters. The first-order valence-electron chi connectivity index (χ1n) is 7.19. The molecule has 4 nitrogen and oxygen atoms in total. The summed E-state index contributed by atoms with van der Waals surface area (Å²) in [5.41, 5.74) is 1.60. The van der Waals surface area contributed by atoms with E-state index in [0.717, 1.165) is 22.0 Å². The van der Waals surface area contributed by atoms with Crippen molar-refractivity contribution < 1.29 is 14.6 Å². The highest BCUT2D eigenvalue weighted by Crippen LogP contribution is 2.27. The molecule has 114 valence electrons. The average Bonchev–Trinajstić information content (AvgIpc) is 2.59. The molecule has 0 aromatic heterocycles. The second-order valence-corrected chi connectivity index (χ2v) is 4.97. The molecule has 3 rings (SSSR count). The van der Waals surface area contributed by atoms with Crippen molar-refractivity contribution in [3.8, 4) is 5.75 Å². The van der Waals surface area contributed by atoms with Crippen molar-refractivity contribution in [3.63, 3.8) is 0 Å². The van der Waals surface area contributed by atoms with Gasteiger partial charge in [0.2, 0.25) is 0 Å². The van der Waals surface area contributed by atoms with Crippen LogP contribution in [0.3, 0.4) is 0 Å². The summed E-state index contributed by atoms with van der Waals surface area (Å²) in [5, 5.41) is 10.8. The molecule has 0 aliphatic carbocycles. The van der Waals surface area contributed by atoms with Gasteiger partial charge in [0, 0.05) is 11.8 Å². The molecular weight excluding hydrogens is 290 g/mol. The lowest BCUT2D eigenvalue weighted by Crippen LogP contribution is -2.10. The maximum Gasteiger partial charge on any atom is 0.341 e. The molecule has 1 N–H and O–H groups in total. The van der Waals surface area contributed by atoms with Crippen LogP contribution in [0.15, 0.2) is 71.7 Å². The number of carboxylic acids is 1. The third-order valence-electron chi connectivity index (χ3n) is 3.38.